The quantitative estimate of drug-likeness (QED) is 0.838. The van der Waals surface area contributed by atoms with Crippen LogP contribution in [0.5, 0.6) is 0 Å². The van der Waals surface area contributed by atoms with Gasteiger partial charge in [0.2, 0.25) is 10.0 Å². The Balaban J connectivity index is 1.77. The second-order valence-electron chi connectivity index (χ2n) is 5.44. The minimum Gasteiger partial charge on any atom is -0.310 e. The minimum absolute atomic E-state index is 0.379. The zero-order chi connectivity index (χ0) is 14.9. The predicted molar refractivity (Wildman–Crippen MR) is 90.1 cm³/mol. The first kappa shape index (κ1) is 15.8. The molecule has 0 spiro atoms. The molecule has 1 saturated heterocycles. The summed E-state index contributed by atoms with van der Waals surface area (Å²) in [5.41, 5.74) is 1.11. The fourth-order valence-electron chi connectivity index (χ4n) is 2.34. The lowest BCUT2D eigenvalue weighted by atomic mass is 10.2. The summed E-state index contributed by atoms with van der Waals surface area (Å²) < 4.78 is 27.6. The van der Waals surface area contributed by atoms with Gasteiger partial charge in [0.05, 0.1) is 4.90 Å². The topological polar surface area (TPSA) is 49.4 Å². The van der Waals surface area contributed by atoms with Crippen LogP contribution in [-0.4, -0.2) is 43.4 Å². The Kier molecular flexibility index (Phi) is 4.95. The Morgan fingerprint density at radius 3 is 2.62 bits per heavy atom. The standard InChI is InChI=1S/C14H19BrN2O2S2/c15-13-9-11(10-16-12-2-3-12)1-4-14(13)21(18,19)17-5-7-20-8-6-17/h1,4,9,12,16H,2-3,5-8,10H2. The molecule has 0 radical (unpaired) electrons. The van der Waals surface area contributed by atoms with Gasteiger partial charge in [0.1, 0.15) is 0 Å². The molecule has 0 bridgehead atoms. The maximum Gasteiger partial charge on any atom is 0.244 e. The summed E-state index contributed by atoms with van der Waals surface area (Å²) in [5, 5.41) is 3.44. The van der Waals surface area contributed by atoms with E-state index >= 15 is 0 Å². The first-order valence-corrected chi connectivity index (χ1v) is 10.6. The summed E-state index contributed by atoms with van der Waals surface area (Å²) in [7, 11) is -3.38. The highest BCUT2D eigenvalue weighted by Crippen LogP contribution is 2.28. The van der Waals surface area contributed by atoms with Gasteiger partial charge in [-0.3, -0.25) is 0 Å². The molecule has 1 aliphatic carbocycles. The van der Waals surface area contributed by atoms with Gasteiger partial charge in [0, 0.05) is 41.7 Å². The van der Waals surface area contributed by atoms with Crippen molar-refractivity contribution in [3.05, 3.63) is 28.2 Å². The molecule has 2 aliphatic rings. The summed E-state index contributed by atoms with van der Waals surface area (Å²) >= 11 is 5.24. The summed E-state index contributed by atoms with van der Waals surface area (Å²) in [4.78, 5) is 0.379. The van der Waals surface area contributed by atoms with Gasteiger partial charge in [0.25, 0.3) is 0 Å². The molecule has 116 valence electrons. The van der Waals surface area contributed by atoms with Crippen molar-refractivity contribution in [2.75, 3.05) is 24.6 Å². The lowest BCUT2D eigenvalue weighted by Crippen LogP contribution is -2.38. The molecule has 21 heavy (non-hydrogen) atoms. The van der Waals surface area contributed by atoms with Gasteiger partial charge < -0.3 is 5.32 Å². The smallest absolute Gasteiger partial charge is 0.244 e. The number of rotatable bonds is 5. The highest BCUT2D eigenvalue weighted by atomic mass is 79.9. The number of halogens is 1. The van der Waals surface area contributed by atoms with Gasteiger partial charge in [-0.05, 0) is 46.5 Å². The first-order chi connectivity index (χ1) is 10.1. The maximum absolute atomic E-state index is 12.7. The van der Waals surface area contributed by atoms with Gasteiger partial charge in [-0.25, -0.2) is 8.42 Å². The van der Waals surface area contributed by atoms with Crippen LogP contribution in [0.4, 0.5) is 0 Å². The molecule has 0 amide bonds. The lowest BCUT2D eigenvalue weighted by Gasteiger charge is -2.26. The van der Waals surface area contributed by atoms with Crippen molar-refractivity contribution < 1.29 is 8.42 Å². The average Bonchev–Trinajstić information content (AvgIpc) is 3.30. The molecule has 1 saturated carbocycles. The first-order valence-electron chi connectivity index (χ1n) is 7.17. The molecule has 4 nitrogen and oxygen atoms in total. The Bertz CT molecular complexity index is 611. The number of nitrogens with one attached hydrogen (secondary N) is 1. The number of hydrogen-bond acceptors (Lipinski definition) is 4. The van der Waals surface area contributed by atoms with Crippen LogP contribution in [0.2, 0.25) is 0 Å². The minimum atomic E-state index is -3.38. The van der Waals surface area contributed by atoms with E-state index in [4.69, 9.17) is 0 Å². The number of thioether (sulfide) groups is 1. The molecular formula is C14H19BrN2O2S2. The molecule has 1 aromatic rings. The van der Waals surface area contributed by atoms with Gasteiger partial charge >= 0.3 is 0 Å². The summed E-state index contributed by atoms with van der Waals surface area (Å²) in [5.74, 6) is 1.75. The molecule has 0 aromatic heterocycles. The molecule has 0 atom stereocenters. The molecule has 1 N–H and O–H groups in total. The monoisotopic (exact) mass is 390 g/mol. The highest BCUT2D eigenvalue weighted by molar-refractivity contribution is 9.10. The molecule has 1 heterocycles. The van der Waals surface area contributed by atoms with Crippen LogP contribution in [0, 0.1) is 0 Å². The summed E-state index contributed by atoms with van der Waals surface area (Å²) in [6, 6.07) is 6.20. The van der Waals surface area contributed by atoms with Crippen LogP contribution in [0.3, 0.4) is 0 Å². The summed E-state index contributed by atoms with van der Waals surface area (Å²) in [6.07, 6.45) is 2.50. The van der Waals surface area contributed by atoms with Gasteiger partial charge in [-0.15, -0.1) is 0 Å². The number of nitrogens with zero attached hydrogens (tertiary/aromatic N) is 1. The molecule has 2 fully saturated rings. The lowest BCUT2D eigenvalue weighted by molar-refractivity contribution is 0.443. The van der Waals surface area contributed by atoms with Crippen molar-refractivity contribution in [1.82, 2.24) is 9.62 Å². The SMILES string of the molecule is O=S(=O)(c1ccc(CNC2CC2)cc1Br)N1CCSCC1. The molecule has 0 unspecified atom stereocenters. The van der Waals surface area contributed by atoms with Crippen molar-refractivity contribution in [2.45, 2.75) is 30.3 Å². The van der Waals surface area contributed by atoms with Crippen molar-refractivity contribution in [1.29, 1.82) is 0 Å². The van der Waals surface area contributed by atoms with Gasteiger partial charge in [-0.1, -0.05) is 6.07 Å². The molecule has 3 rings (SSSR count). The molecule has 1 aromatic carbocycles. The van der Waals surface area contributed by atoms with E-state index in [0.29, 0.717) is 28.5 Å². The molecular weight excluding hydrogens is 372 g/mol. The van der Waals surface area contributed by atoms with Crippen molar-refractivity contribution in [3.63, 3.8) is 0 Å². The fourth-order valence-corrected chi connectivity index (χ4v) is 6.00. The van der Waals surface area contributed by atoms with Crippen molar-refractivity contribution in [3.8, 4) is 0 Å². The van der Waals surface area contributed by atoms with E-state index in [2.05, 4.69) is 21.2 Å². The van der Waals surface area contributed by atoms with E-state index < -0.39 is 10.0 Å². The zero-order valence-electron chi connectivity index (χ0n) is 11.7. The largest absolute Gasteiger partial charge is 0.310 e. The van der Waals surface area contributed by atoms with Crippen LogP contribution in [0.15, 0.2) is 27.6 Å². The second kappa shape index (κ2) is 6.58. The van der Waals surface area contributed by atoms with Crippen molar-refractivity contribution >= 4 is 37.7 Å². The van der Waals surface area contributed by atoms with Crippen LogP contribution >= 0.6 is 27.7 Å². The molecule has 7 heteroatoms. The Morgan fingerprint density at radius 1 is 1.29 bits per heavy atom. The fraction of sp³-hybridized carbons (Fsp3) is 0.571. The number of benzene rings is 1. The Hall–Kier alpha value is -0.0800. The van der Waals surface area contributed by atoms with E-state index in [0.717, 1.165) is 23.6 Å². The van der Waals surface area contributed by atoms with E-state index in [-0.39, 0.29) is 0 Å². The van der Waals surface area contributed by atoms with E-state index in [1.54, 1.807) is 22.1 Å². The highest BCUT2D eigenvalue weighted by Gasteiger charge is 2.28. The van der Waals surface area contributed by atoms with E-state index in [1.807, 2.05) is 12.1 Å². The molecule has 1 aliphatic heterocycles. The van der Waals surface area contributed by atoms with E-state index in [1.165, 1.54) is 12.8 Å². The van der Waals surface area contributed by atoms with E-state index in [9.17, 15) is 8.42 Å². The summed E-state index contributed by atoms with van der Waals surface area (Å²) in [6.45, 7) is 2.00. The second-order valence-corrected chi connectivity index (χ2v) is 9.42. The van der Waals surface area contributed by atoms with Crippen molar-refractivity contribution in [2.24, 2.45) is 0 Å². The maximum atomic E-state index is 12.7. The Morgan fingerprint density at radius 2 is 2.00 bits per heavy atom. The van der Waals surface area contributed by atoms with Gasteiger partial charge in [0.15, 0.2) is 0 Å². The number of sulfonamides is 1. The predicted octanol–water partition coefficient (Wildman–Crippen LogP) is 2.44. The number of hydrogen-bond donors (Lipinski definition) is 1. The van der Waals surface area contributed by atoms with Crippen LogP contribution in [-0.2, 0) is 16.6 Å². The van der Waals surface area contributed by atoms with Crippen LogP contribution in [0.1, 0.15) is 18.4 Å². The Labute approximate surface area is 138 Å². The average molecular weight is 391 g/mol. The van der Waals surface area contributed by atoms with Gasteiger partial charge in [-0.2, -0.15) is 16.1 Å². The third kappa shape index (κ3) is 3.82. The normalized spacial score (nSPS) is 20.6. The third-order valence-corrected chi connectivity index (χ3v) is 7.57. The van der Waals surface area contributed by atoms with Crippen LogP contribution < -0.4 is 5.32 Å². The zero-order valence-corrected chi connectivity index (χ0v) is 14.9. The van der Waals surface area contributed by atoms with Crippen LogP contribution in [0.25, 0.3) is 0 Å². The third-order valence-electron chi connectivity index (χ3n) is 3.76.